The van der Waals surface area contributed by atoms with Gasteiger partial charge in [-0.05, 0) is 70.4 Å². The number of benzene rings is 2. The van der Waals surface area contributed by atoms with Gasteiger partial charge < -0.3 is 5.11 Å². The highest BCUT2D eigenvalue weighted by Gasteiger charge is 2.37. The van der Waals surface area contributed by atoms with Gasteiger partial charge in [0.1, 0.15) is 0 Å². The van der Waals surface area contributed by atoms with Crippen LogP contribution in [0.1, 0.15) is 91.6 Å². The van der Waals surface area contributed by atoms with Gasteiger partial charge in [0, 0.05) is 0 Å². The average molecular weight is 377 g/mol. The van der Waals surface area contributed by atoms with Crippen molar-refractivity contribution < 1.29 is 9.90 Å². The second-order valence-corrected chi connectivity index (χ2v) is 9.60. The molecule has 3 rings (SSSR count). The summed E-state index contributed by atoms with van der Waals surface area (Å²) in [5.74, 6) is -0.577. The molecule has 0 amide bonds. The van der Waals surface area contributed by atoms with Crippen molar-refractivity contribution in [3.05, 3.63) is 75.9 Å². The van der Waals surface area contributed by atoms with E-state index in [0.29, 0.717) is 11.5 Å². The van der Waals surface area contributed by atoms with Crippen molar-refractivity contribution in [1.29, 1.82) is 0 Å². The summed E-state index contributed by atoms with van der Waals surface area (Å²) in [6.07, 6.45) is 6.75. The Kier molecular flexibility index (Phi) is 5.27. The summed E-state index contributed by atoms with van der Waals surface area (Å²) in [6, 6.07) is 12.5. The van der Waals surface area contributed by atoms with E-state index in [1.54, 1.807) is 6.07 Å². The third-order valence-electron chi connectivity index (χ3n) is 6.46. The summed E-state index contributed by atoms with van der Waals surface area (Å²) in [6.45, 7) is 13.5. The first kappa shape index (κ1) is 20.4. The van der Waals surface area contributed by atoms with Crippen LogP contribution in [0.25, 0.3) is 6.08 Å². The molecule has 148 valence electrons. The van der Waals surface area contributed by atoms with Gasteiger partial charge in [-0.2, -0.15) is 0 Å². The number of carbonyl (C=O) groups is 1. The van der Waals surface area contributed by atoms with E-state index in [4.69, 9.17) is 0 Å². The van der Waals surface area contributed by atoms with Crippen LogP contribution in [0, 0.1) is 6.92 Å². The molecule has 2 aromatic rings. The molecule has 0 radical (unpaired) electrons. The van der Waals surface area contributed by atoms with Gasteiger partial charge in [-0.1, -0.05) is 77.1 Å². The maximum atomic E-state index is 11.2. The molecule has 0 aliphatic heterocycles. The summed E-state index contributed by atoms with van der Waals surface area (Å²) in [5.41, 5.74) is 6.96. The van der Waals surface area contributed by atoms with Gasteiger partial charge in [-0.25, -0.2) is 4.79 Å². The van der Waals surface area contributed by atoms with Gasteiger partial charge in [0.15, 0.2) is 0 Å². The number of carboxylic acids is 1. The lowest BCUT2D eigenvalue weighted by molar-refractivity contribution is 0.0696. The number of rotatable bonds is 4. The molecule has 0 saturated heterocycles. The smallest absolute Gasteiger partial charge is 0.335 e. The van der Waals surface area contributed by atoms with Crippen molar-refractivity contribution in [2.24, 2.45) is 0 Å². The molecule has 0 saturated carbocycles. The minimum atomic E-state index is -0.874. The SMILES string of the molecule is Cc1cc(/C=C/C(C)c2ccc3c(c2)C(C)(C)CCC3(C)C)ccc1C(=O)O. The molecule has 0 fully saturated rings. The van der Waals surface area contributed by atoms with E-state index < -0.39 is 5.97 Å². The minimum Gasteiger partial charge on any atom is -0.478 e. The van der Waals surface area contributed by atoms with Crippen molar-refractivity contribution in [3.63, 3.8) is 0 Å². The number of aromatic carboxylic acids is 1. The maximum Gasteiger partial charge on any atom is 0.335 e. The Morgan fingerprint density at radius 1 is 1.00 bits per heavy atom. The number of carboxylic acid groups (broad SMARTS) is 1. The number of aryl methyl sites for hydroxylation is 1. The molecule has 0 spiro atoms. The summed E-state index contributed by atoms with van der Waals surface area (Å²) in [4.78, 5) is 11.2. The van der Waals surface area contributed by atoms with Crippen LogP contribution in [0.5, 0.6) is 0 Å². The lowest BCUT2D eigenvalue weighted by Gasteiger charge is -2.42. The minimum absolute atomic E-state index is 0.216. The summed E-state index contributed by atoms with van der Waals surface area (Å²) < 4.78 is 0. The number of fused-ring (bicyclic) bond motifs is 1. The predicted octanol–water partition coefficient (Wildman–Crippen LogP) is 6.86. The molecule has 1 aliphatic carbocycles. The number of hydrogen-bond acceptors (Lipinski definition) is 1. The molecule has 1 atom stereocenters. The Morgan fingerprint density at radius 3 is 2.25 bits per heavy atom. The fourth-order valence-electron chi connectivity index (χ4n) is 4.29. The lowest BCUT2D eigenvalue weighted by atomic mass is 9.63. The van der Waals surface area contributed by atoms with E-state index in [2.05, 4.69) is 65.0 Å². The molecule has 2 nitrogen and oxygen atoms in total. The first-order chi connectivity index (χ1) is 13.0. The second-order valence-electron chi connectivity index (χ2n) is 9.60. The van der Waals surface area contributed by atoms with E-state index in [9.17, 15) is 9.90 Å². The molecular formula is C26H32O2. The monoisotopic (exact) mass is 376 g/mol. The molecule has 1 unspecified atom stereocenters. The normalized spacial score (nSPS) is 18.6. The zero-order chi connectivity index (χ0) is 20.7. The molecule has 1 N–H and O–H groups in total. The highest BCUT2D eigenvalue weighted by Crippen LogP contribution is 2.46. The van der Waals surface area contributed by atoms with E-state index in [1.165, 1.54) is 29.5 Å². The summed E-state index contributed by atoms with van der Waals surface area (Å²) in [5, 5.41) is 9.18. The maximum absolute atomic E-state index is 11.2. The van der Waals surface area contributed by atoms with Crippen LogP contribution in [0.3, 0.4) is 0 Å². The highest BCUT2D eigenvalue weighted by molar-refractivity contribution is 5.89. The average Bonchev–Trinajstić information content (AvgIpc) is 2.63. The van der Waals surface area contributed by atoms with Gasteiger partial charge >= 0.3 is 5.97 Å². The van der Waals surface area contributed by atoms with Crippen molar-refractivity contribution in [3.8, 4) is 0 Å². The second kappa shape index (κ2) is 7.24. The van der Waals surface area contributed by atoms with Gasteiger partial charge in [0.25, 0.3) is 0 Å². The molecule has 0 aromatic heterocycles. The Labute approximate surface area is 169 Å². The van der Waals surface area contributed by atoms with Gasteiger partial charge in [0.2, 0.25) is 0 Å². The Balaban J connectivity index is 1.87. The van der Waals surface area contributed by atoms with Crippen molar-refractivity contribution in [2.75, 3.05) is 0 Å². The molecular weight excluding hydrogens is 344 g/mol. The Morgan fingerprint density at radius 2 is 1.64 bits per heavy atom. The zero-order valence-corrected chi connectivity index (χ0v) is 18.0. The van der Waals surface area contributed by atoms with Crippen LogP contribution < -0.4 is 0 Å². The first-order valence-corrected chi connectivity index (χ1v) is 10.2. The van der Waals surface area contributed by atoms with E-state index >= 15 is 0 Å². The summed E-state index contributed by atoms with van der Waals surface area (Å²) in [7, 11) is 0. The van der Waals surface area contributed by atoms with Crippen molar-refractivity contribution >= 4 is 12.0 Å². The molecule has 0 heterocycles. The summed E-state index contributed by atoms with van der Waals surface area (Å²) >= 11 is 0. The third-order valence-corrected chi connectivity index (χ3v) is 6.46. The van der Waals surface area contributed by atoms with Crippen LogP contribution in [0.2, 0.25) is 0 Å². The molecule has 2 heteroatoms. The van der Waals surface area contributed by atoms with E-state index in [0.717, 1.165) is 11.1 Å². The molecule has 28 heavy (non-hydrogen) atoms. The highest BCUT2D eigenvalue weighted by atomic mass is 16.4. The van der Waals surface area contributed by atoms with E-state index in [1.807, 2.05) is 19.1 Å². The standard InChI is InChI=1S/C26H32O2/c1-17(7-8-19-9-11-21(24(27)28)18(2)15-19)20-10-12-22-23(16-20)26(5,6)14-13-25(22,3)4/h7-12,15-17H,13-14H2,1-6H3,(H,27,28)/b8-7+. The molecule has 2 aromatic carbocycles. The van der Waals surface area contributed by atoms with Crippen LogP contribution in [-0.2, 0) is 10.8 Å². The van der Waals surface area contributed by atoms with E-state index in [-0.39, 0.29) is 10.8 Å². The topological polar surface area (TPSA) is 37.3 Å². The zero-order valence-electron chi connectivity index (χ0n) is 18.0. The van der Waals surface area contributed by atoms with Crippen LogP contribution in [0.15, 0.2) is 42.5 Å². The number of hydrogen-bond donors (Lipinski definition) is 1. The lowest BCUT2D eigenvalue weighted by Crippen LogP contribution is -2.33. The van der Waals surface area contributed by atoms with Gasteiger partial charge in [-0.3, -0.25) is 0 Å². The quantitative estimate of drug-likeness (QED) is 0.633. The molecule has 0 bridgehead atoms. The fraction of sp³-hybridized carbons (Fsp3) is 0.423. The largest absolute Gasteiger partial charge is 0.478 e. The first-order valence-electron chi connectivity index (χ1n) is 10.2. The fourth-order valence-corrected chi connectivity index (χ4v) is 4.29. The van der Waals surface area contributed by atoms with Crippen molar-refractivity contribution in [2.45, 2.75) is 71.1 Å². The van der Waals surface area contributed by atoms with Gasteiger partial charge in [0.05, 0.1) is 5.56 Å². The Hall–Kier alpha value is -2.35. The van der Waals surface area contributed by atoms with Crippen LogP contribution in [-0.4, -0.2) is 11.1 Å². The third kappa shape index (κ3) is 3.92. The van der Waals surface area contributed by atoms with Gasteiger partial charge in [-0.15, -0.1) is 0 Å². The molecule has 1 aliphatic rings. The van der Waals surface area contributed by atoms with Crippen molar-refractivity contribution in [1.82, 2.24) is 0 Å². The van der Waals surface area contributed by atoms with Crippen LogP contribution in [0.4, 0.5) is 0 Å². The predicted molar refractivity (Wildman–Crippen MR) is 117 cm³/mol. The number of allylic oxidation sites excluding steroid dienone is 1. The Bertz CT molecular complexity index is 931. The van der Waals surface area contributed by atoms with Crippen LogP contribution >= 0.6 is 0 Å².